The van der Waals surface area contributed by atoms with Gasteiger partial charge in [0.25, 0.3) is 0 Å². The van der Waals surface area contributed by atoms with Crippen LogP contribution in [-0.4, -0.2) is 0 Å². The summed E-state index contributed by atoms with van der Waals surface area (Å²) >= 11 is 0. The van der Waals surface area contributed by atoms with Crippen molar-refractivity contribution in [2.24, 2.45) is 17.3 Å². The molecule has 2 unspecified atom stereocenters. The van der Waals surface area contributed by atoms with Crippen molar-refractivity contribution in [1.29, 1.82) is 0 Å². The van der Waals surface area contributed by atoms with E-state index in [2.05, 4.69) is 69.4 Å². The third-order valence-electron chi connectivity index (χ3n) is 8.57. The standard InChI is InChI=1S/C28H20/c1-13-18-6-4-16-12-17-5-7-19-14(2)21-9-11-23-15(3)22-10-8-20(13)26(22)28(24(16)18,25(17)19)27(21)23/h4-12,24,27H,1-3H3/t24?,27?,28-/m0/s1/i12T. The number of hydrogen-bond acceptors (Lipinski definition) is 0. The van der Waals surface area contributed by atoms with Crippen LogP contribution in [0.15, 0.2) is 127 Å². The van der Waals surface area contributed by atoms with Gasteiger partial charge in [-0.1, -0.05) is 54.7 Å². The van der Waals surface area contributed by atoms with E-state index in [9.17, 15) is 0 Å². The van der Waals surface area contributed by atoms with Crippen molar-refractivity contribution in [3.63, 3.8) is 0 Å². The van der Waals surface area contributed by atoms with E-state index >= 15 is 0 Å². The van der Waals surface area contributed by atoms with Crippen molar-refractivity contribution in [2.45, 2.75) is 20.8 Å². The van der Waals surface area contributed by atoms with Crippen LogP contribution in [0, 0.1) is 17.3 Å². The molecule has 0 saturated heterocycles. The molecular weight excluding hydrogens is 336 g/mol. The maximum atomic E-state index is 9.09. The Kier molecular flexibility index (Phi) is 1.89. The third-order valence-corrected chi connectivity index (χ3v) is 8.57. The molecule has 0 amide bonds. The Morgan fingerprint density at radius 1 is 0.714 bits per heavy atom. The number of rotatable bonds is 0. The Bertz CT molecular complexity index is 1300. The highest BCUT2D eigenvalue weighted by Gasteiger charge is 2.65. The maximum absolute atomic E-state index is 9.09. The van der Waals surface area contributed by atoms with Crippen LogP contribution in [0.2, 0.25) is 0 Å². The second kappa shape index (κ2) is 3.96. The van der Waals surface area contributed by atoms with E-state index < -0.39 is 0 Å². The summed E-state index contributed by atoms with van der Waals surface area (Å²) in [6, 6.07) is 0.743. The molecule has 8 aliphatic carbocycles. The van der Waals surface area contributed by atoms with Crippen molar-refractivity contribution in [3.05, 3.63) is 127 Å². The van der Waals surface area contributed by atoms with E-state index in [1.54, 1.807) is 5.57 Å². The maximum Gasteiger partial charge on any atom is 0.0632 e. The molecule has 0 heterocycles. The molecule has 0 aromatic rings. The second-order valence-electron chi connectivity index (χ2n) is 9.29. The van der Waals surface area contributed by atoms with E-state index in [1.165, 1.54) is 66.9 Å². The predicted octanol–water partition coefficient (Wildman–Crippen LogP) is 6.30. The van der Waals surface area contributed by atoms with Gasteiger partial charge >= 0.3 is 0 Å². The van der Waals surface area contributed by atoms with Gasteiger partial charge in [-0.3, -0.25) is 0 Å². The van der Waals surface area contributed by atoms with Crippen LogP contribution in [-0.2, 0) is 0 Å². The van der Waals surface area contributed by atoms with Gasteiger partial charge in [-0.05, 0) is 93.2 Å². The van der Waals surface area contributed by atoms with Crippen LogP contribution in [0.4, 0.5) is 0 Å². The van der Waals surface area contributed by atoms with E-state index in [-0.39, 0.29) is 11.3 Å². The largest absolute Gasteiger partial charge is 0.0632 e. The average Bonchev–Trinajstić information content (AvgIpc) is 3.50. The van der Waals surface area contributed by atoms with Crippen molar-refractivity contribution < 1.29 is 1.37 Å². The minimum Gasteiger partial charge on any atom is -0.0580 e. The molecule has 3 atom stereocenters. The molecule has 0 bridgehead atoms. The lowest BCUT2D eigenvalue weighted by Crippen LogP contribution is -2.51. The molecule has 8 aliphatic rings. The molecule has 0 aromatic carbocycles. The summed E-state index contributed by atoms with van der Waals surface area (Å²) in [5.41, 5.74) is 18.3. The molecule has 0 saturated carbocycles. The highest BCUT2D eigenvalue weighted by molar-refractivity contribution is 5.86. The minimum atomic E-state index is -0.0895. The molecule has 0 radical (unpaired) electrons. The molecule has 28 heavy (non-hydrogen) atoms. The Balaban J connectivity index is 1.66. The average molecular weight is 358 g/mol. The smallest absolute Gasteiger partial charge is 0.0580 e. The van der Waals surface area contributed by atoms with Gasteiger partial charge in [0.05, 0.1) is 1.37 Å². The molecule has 0 aromatic heterocycles. The lowest BCUT2D eigenvalue weighted by Gasteiger charge is -2.58. The van der Waals surface area contributed by atoms with Crippen molar-refractivity contribution in [3.8, 4) is 0 Å². The Hall–Kier alpha value is -2.86. The van der Waals surface area contributed by atoms with Gasteiger partial charge in [-0.15, -0.1) is 0 Å². The number of allylic oxidation sites excluding steroid dienone is 22. The van der Waals surface area contributed by atoms with Gasteiger partial charge in [0.1, 0.15) is 0 Å². The van der Waals surface area contributed by atoms with Crippen LogP contribution in [0.3, 0.4) is 0 Å². The summed E-state index contributed by atoms with van der Waals surface area (Å²) in [4.78, 5) is 0. The summed E-state index contributed by atoms with van der Waals surface area (Å²) < 4.78 is 9.09. The topological polar surface area (TPSA) is 0 Å². The minimum absolute atomic E-state index is 0.0895. The fraction of sp³-hybridized carbons (Fsp3) is 0.214. The molecule has 0 aliphatic heterocycles. The zero-order valence-electron chi connectivity index (χ0n) is 17.3. The zero-order valence-corrected chi connectivity index (χ0v) is 16.3. The van der Waals surface area contributed by atoms with Gasteiger partial charge in [0.2, 0.25) is 0 Å². The van der Waals surface area contributed by atoms with Gasteiger partial charge < -0.3 is 0 Å². The van der Waals surface area contributed by atoms with E-state index in [0.717, 1.165) is 6.05 Å². The highest BCUT2D eigenvalue weighted by Crippen LogP contribution is 2.75. The van der Waals surface area contributed by atoms with Crippen LogP contribution in [0.1, 0.15) is 22.1 Å². The van der Waals surface area contributed by atoms with Gasteiger partial charge in [-0.2, -0.15) is 0 Å². The molecule has 0 heteroatoms. The Morgan fingerprint density at radius 3 is 2.18 bits per heavy atom. The quantitative estimate of drug-likeness (QED) is 0.476. The van der Waals surface area contributed by atoms with E-state index in [4.69, 9.17) is 1.37 Å². The van der Waals surface area contributed by atoms with E-state index in [0.29, 0.717) is 5.92 Å². The van der Waals surface area contributed by atoms with Crippen LogP contribution in [0.5, 0.6) is 0 Å². The first-order chi connectivity index (χ1) is 14.1. The van der Waals surface area contributed by atoms with Crippen LogP contribution in [0.25, 0.3) is 0 Å². The zero-order chi connectivity index (χ0) is 19.4. The van der Waals surface area contributed by atoms with Crippen molar-refractivity contribution in [2.75, 3.05) is 0 Å². The van der Waals surface area contributed by atoms with Crippen molar-refractivity contribution >= 4 is 0 Å². The second-order valence-corrected chi connectivity index (χ2v) is 9.29. The Morgan fingerprint density at radius 2 is 1.39 bits per heavy atom. The first-order valence-corrected chi connectivity index (χ1v) is 10.4. The predicted molar refractivity (Wildman–Crippen MR) is 113 cm³/mol. The molecule has 132 valence electrons. The van der Waals surface area contributed by atoms with Crippen molar-refractivity contribution in [1.82, 2.24) is 0 Å². The summed E-state index contributed by atoms with van der Waals surface area (Å²) in [6.07, 6.45) is 18.6. The summed E-state index contributed by atoms with van der Waals surface area (Å²) in [7, 11) is 0. The molecule has 8 rings (SSSR count). The lowest BCUT2D eigenvalue weighted by atomic mass is 9.43. The monoisotopic (exact) mass is 358 g/mol. The molecule has 1 spiro atoms. The summed E-state index contributed by atoms with van der Waals surface area (Å²) in [5.74, 6) is 0.647. The SMILES string of the molecule is [3H]C1=C2C=CC3=C(C)C4=C5C(=C(C)C6=CC=C7C(C)=C8C=CC1=C8[C@@]5(C76)C23)C=C4. The summed E-state index contributed by atoms with van der Waals surface area (Å²) in [5, 5.41) is 0. The first kappa shape index (κ1) is 13.3. The molecular formula is C28H20. The highest BCUT2D eigenvalue weighted by atomic mass is 14.7. The number of hydrogen-bond donors (Lipinski definition) is 0. The molecule has 0 N–H and O–H groups in total. The van der Waals surface area contributed by atoms with E-state index in [1.807, 2.05) is 0 Å². The van der Waals surface area contributed by atoms with Crippen LogP contribution >= 0.6 is 0 Å². The fourth-order valence-electron chi connectivity index (χ4n) is 7.58. The lowest BCUT2D eigenvalue weighted by molar-refractivity contribution is 0.262. The normalized spacial score (nSPS) is 37.6. The fourth-order valence-corrected chi connectivity index (χ4v) is 7.58. The van der Waals surface area contributed by atoms with Gasteiger partial charge in [-0.25, -0.2) is 0 Å². The molecule has 0 fully saturated rings. The van der Waals surface area contributed by atoms with Gasteiger partial charge in [0.15, 0.2) is 0 Å². The molecule has 0 nitrogen and oxygen atoms in total. The Labute approximate surface area is 166 Å². The first-order valence-electron chi connectivity index (χ1n) is 10.9. The summed E-state index contributed by atoms with van der Waals surface area (Å²) in [6.45, 7) is 6.91. The van der Waals surface area contributed by atoms with Crippen LogP contribution < -0.4 is 0 Å². The third kappa shape index (κ3) is 1.11. The van der Waals surface area contributed by atoms with Gasteiger partial charge in [0, 0.05) is 17.3 Å².